The molecular formula is C16H20N2OS2. The van der Waals surface area contributed by atoms with Gasteiger partial charge in [0.15, 0.2) is 0 Å². The van der Waals surface area contributed by atoms with Gasteiger partial charge in [0.25, 0.3) is 0 Å². The molecule has 1 aliphatic carbocycles. The highest BCUT2D eigenvalue weighted by Gasteiger charge is 2.35. The molecule has 0 radical (unpaired) electrons. The molecule has 1 fully saturated rings. The van der Waals surface area contributed by atoms with Gasteiger partial charge >= 0.3 is 0 Å². The van der Waals surface area contributed by atoms with E-state index in [-0.39, 0.29) is 11.2 Å². The molecule has 1 atom stereocenters. The summed E-state index contributed by atoms with van der Waals surface area (Å²) in [5, 5.41) is -0.0163. The lowest BCUT2D eigenvalue weighted by Gasteiger charge is -2.30. The third-order valence-corrected chi connectivity index (χ3v) is 5.73. The summed E-state index contributed by atoms with van der Waals surface area (Å²) in [5.74, 6) is 0.205. The zero-order valence-corrected chi connectivity index (χ0v) is 13.6. The first-order valence-corrected chi connectivity index (χ1v) is 8.77. The van der Waals surface area contributed by atoms with Gasteiger partial charge in [0.05, 0.1) is 16.8 Å². The summed E-state index contributed by atoms with van der Waals surface area (Å²) < 4.78 is 0. The van der Waals surface area contributed by atoms with Crippen LogP contribution in [0.25, 0.3) is 0 Å². The van der Waals surface area contributed by atoms with Gasteiger partial charge in [-0.05, 0) is 30.9 Å². The fraction of sp³-hybridized carbons (Fsp3) is 0.500. The number of thiocarbonyl (C=S) groups is 1. The minimum Gasteiger partial charge on any atom is -0.392 e. The minimum absolute atomic E-state index is 0.0163. The van der Waals surface area contributed by atoms with Crippen molar-refractivity contribution in [3.63, 3.8) is 0 Å². The van der Waals surface area contributed by atoms with Crippen LogP contribution in [-0.2, 0) is 11.2 Å². The number of hydrogen-bond donors (Lipinski definition) is 1. The van der Waals surface area contributed by atoms with Crippen molar-refractivity contribution in [1.29, 1.82) is 0 Å². The normalized spacial score (nSPS) is 21.2. The Hall–Kier alpha value is -1.07. The molecule has 1 aromatic carbocycles. The van der Waals surface area contributed by atoms with Crippen LogP contribution in [0.2, 0.25) is 0 Å². The first kappa shape index (κ1) is 14.9. The summed E-state index contributed by atoms with van der Waals surface area (Å²) in [7, 11) is 0. The summed E-state index contributed by atoms with van der Waals surface area (Å²) in [5.41, 5.74) is 6.99. The zero-order valence-electron chi connectivity index (χ0n) is 12.0. The van der Waals surface area contributed by atoms with E-state index in [0.717, 1.165) is 19.3 Å². The van der Waals surface area contributed by atoms with Crippen molar-refractivity contribution < 1.29 is 4.79 Å². The number of benzene rings is 1. The van der Waals surface area contributed by atoms with Gasteiger partial charge in [-0.25, -0.2) is 0 Å². The van der Waals surface area contributed by atoms with Gasteiger partial charge in [0.1, 0.15) is 0 Å². The Morgan fingerprint density at radius 1 is 1.33 bits per heavy atom. The van der Waals surface area contributed by atoms with Crippen molar-refractivity contribution in [3.05, 3.63) is 29.8 Å². The number of hydrogen-bond acceptors (Lipinski definition) is 3. The van der Waals surface area contributed by atoms with Crippen LogP contribution in [0.4, 0.5) is 0 Å². The molecular weight excluding hydrogens is 300 g/mol. The first-order chi connectivity index (χ1) is 10.1. The van der Waals surface area contributed by atoms with Gasteiger partial charge in [-0.3, -0.25) is 4.79 Å². The Bertz CT molecular complexity index is 530. The van der Waals surface area contributed by atoms with Crippen molar-refractivity contribution >= 4 is 34.9 Å². The third-order valence-electron chi connectivity index (χ3n) is 4.30. The third kappa shape index (κ3) is 3.24. The number of carbonyl (C=O) groups is 1. The van der Waals surface area contributed by atoms with Crippen molar-refractivity contribution in [2.75, 3.05) is 6.54 Å². The predicted octanol–water partition coefficient (Wildman–Crippen LogP) is 2.76. The fourth-order valence-electron chi connectivity index (χ4n) is 3.28. The maximum atomic E-state index is 12.9. The maximum absolute atomic E-state index is 12.9. The lowest BCUT2D eigenvalue weighted by atomic mass is 10.1. The van der Waals surface area contributed by atoms with E-state index < -0.39 is 0 Å². The minimum atomic E-state index is -0.0163. The van der Waals surface area contributed by atoms with E-state index in [0.29, 0.717) is 17.6 Å². The van der Waals surface area contributed by atoms with E-state index in [1.807, 2.05) is 17.0 Å². The van der Waals surface area contributed by atoms with Crippen LogP contribution in [0, 0.1) is 0 Å². The van der Waals surface area contributed by atoms with Gasteiger partial charge in [-0.15, -0.1) is 11.8 Å². The number of carbonyl (C=O) groups excluding carboxylic acids is 1. The van der Waals surface area contributed by atoms with Gasteiger partial charge in [-0.2, -0.15) is 0 Å². The van der Waals surface area contributed by atoms with Crippen LogP contribution in [0.1, 0.15) is 31.2 Å². The Kier molecular flexibility index (Phi) is 4.50. The SMILES string of the molecule is NC(=S)CN(C(=O)C1Cc2ccccc2S1)C1CCCC1. The van der Waals surface area contributed by atoms with Crippen molar-refractivity contribution in [2.24, 2.45) is 5.73 Å². The molecule has 112 valence electrons. The van der Waals surface area contributed by atoms with E-state index in [4.69, 9.17) is 18.0 Å². The molecule has 3 nitrogen and oxygen atoms in total. The molecule has 0 spiro atoms. The average Bonchev–Trinajstić information content (AvgIpc) is 3.12. The smallest absolute Gasteiger partial charge is 0.237 e. The Balaban J connectivity index is 1.74. The van der Waals surface area contributed by atoms with Crippen molar-refractivity contribution in [1.82, 2.24) is 4.90 Å². The molecule has 0 bridgehead atoms. The maximum Gasteiger partial charge on any atom is 0.237 e. The first-order valence-electron chi connectivity index (χ1n) is 7.48. The van der Waals surface area contributed by atoms with E-state index in [1.165, 1.54) is 23.3 Å². The molecule has 0 aromatic heterocycles. The summed E-state index contributed by atoms with van der Waals surface area (Å²) in [6.07, 6.45) is 5.38. The highest BCUT2D eigenvalue weighted by atomic mass is 32.2. The second-order valence-electron chi connectivity index (χ2n) is 5.79. The molecule has 21 heavy (non-hydrogen) atoms. The highest BCUT2D eigenvalue weighted by Crippen LogP contribution is 2.38. The van der Waals surface area contributed by atoms with Gasteiger partial charge in [0, 0.05) is 10.9 Å². The standard InChI is InChI=1S/C16H20N2OS2/c17-15(20)10-18(12-6-2-3-7-12)16(19)14-9-11-5-1-4-8-13(11)21-14/h1,4-5,8,12,14H,2-3,6-7,9-10H2,(H2,17,20). The lowest BCUT2D eigenvalue weighted by Crippen LogP contribution is -2.47. The fourth-order valence-corrected chi connectivity index (χ4v) is 4.68. The summed E-state index contributed by atoms with van der Waals surface area (Å²) >= 11 is 6.73. The quantitative estimate of drug-likeness (QED) is 0.867. The number of fused-ring (bicyclic) bond motifs is 1. The Morgan fingerprint density at radius 3 is 2.71 bits per heavy atom. The predicted molar refractivity (Wildman–Crippen MR) is 90.5 cm³/mol. The van der Waals surface area contributed by atoms with Crippen LogP contribution in [0.15, 0.2) is 29.2 Å². The van der Waals surface area contributed by atoms with E-state index in [2.05, 4.69) is 12.1 Å². The van der Waals surface area contributed by atoms with Crippen LogP contribution >= 0.6 is 24.0 Å². The van der Waals surface area contributed by atoms with Gasteiger partial charge in [0.2, 0.25) is 5.91 Å². The van der Waals surface area contributed by atoms with Crippen molar-refractivity contribution in [3.8, 4) is 0 Å². The van der Waals surface area contributed by atoms with E-state index in [9.17, 15) is 4.79 Å². The number of nitrogens with zero attached hydrogens (tertiary/aromatic N) is 1. The summed E-state index contributed by atoms with van der Waals surface area (Å²) in [4.78, 5) is 16.5. The molecule has 1 aliphatic heterocycles. The lowest BCUT2D eigenvalue weighted by molar-refractivity contribution is -0.131. The molecule has 2 N–H and O–H groups in total. The van der Waals surface area contributed by atoms with Crippen LogP contribution in [0.5, 0.6) is 0 Å². The molecule has 1 heterocycles. The van der Waals surface area contributed by atoms with Crippen LogP contribution < -0.4 is 5.73 Å². The second kappa shape index (κ2) is 6.36. The second-order valence-corrected chi connectivity index (χ2v) is 7.56. The van der Waals surface area contributed by atoms with Gasteiger partial charge in [-0.1, -0.05) is 43.3 Å². The number of amides is 1. The molecule has 3 rings (SSSR count). The monoisotopic (exact) mass is 320 g/mol. The van der Waals surface area contributed by atoms with Gasteiger partial charge < -0.3 is 10.6 Å². The molecule has 2 aliphatic rings. The molecule has 1 unspecified atom stereocenters. The molecule has 1 saturated carbocycles. The number of thioether (sulfide) groups is 1. The highest BCUT2D eigenvalue weighted by molar-refractivity contribution is 8.01. The molecule has 1 amide bonds. The van der Waals surface area contributed by atoms with Crippen LogP contribution in [0.3, 0.4) is 0 Å². The van der Waals surface area contributed by atoms with E-state index in [1.54, 1.807) is 11.8 Å². The largest absolute Gasteiger partial charge is 0.392 e. The molecule has 5 heteroatoms. The van der Waals surface area contributed by atoms with Crippen LogP contribution in [-0.4, -0.2) is 33.6 Å². The number of nitrogens with two attached hydrogens (primary N) is 1. The Labute approximate surface area is 135 Å². The average molecular weight is 320 g/mol. The summed E-state index contributed by atoms with van der Waals surface area (Å²) in [6, 6.07) is 8.60. The van der Waals surface area contributed by atoms with E-state index >= 15 is 0 Å². The summed E-state index contributed by atoms with van der Waals surface area (Å²) in [6.45, 7) is 0.423. The zero-order chi connectivity index (χ0) is 14.8. The molecule has 1 aromatic rings. The Morgan fingerprint density at radius 2 is 2.05 bits per heavy atom. The topological polar surface area (TPSA) is 46.3 Å². The molecule has 0 saturated heterocycles. The van der Waals surface area contributed by atoms with Crippen molar-refractivity contribution in [2.45, 2.75) is 48.3 Å². The number of rotatable bonds is 4.